The molecule has 0 bridgehead atoms. The summed E-state index contributed by atoms with van der Waals surface area (Å²) < 4.78 is 44.1. The highest BCUT2D eigenvalue weighted by Crippen LogP contribution is 2.30. The largest absolute Gasteiger partial charge is 0.457 e. The van der Waals surface area contributed by atoms with E-state index in [2.05, 4.69) is 25.9 Å². The van der Waals surface area contributed by atoms with Gasteiger partial charge in [0.2, 0.25) is 5.95 Å². The lowest BCUT2D eigenvalue weighted by Crippen LogP contribution is -2.36. The number of nitrogens with one attached hydrogen (secondary N) is 4. The van der Waals surface area contributed by atoms with Crippen molar-refractivity contribution < 1.29 is 22.7 Å². The molecule has 0 saturated carbocycles. The molecule has 2 heterocycles. The van der Waals surface area contributed by atoms with Crippen LogP contribution in [0.15, 0.2) is 66.1 Å². The van der Waals surface area contributed by atoms with Crippen molar-refractivity contribution in [2.24, 2.45) is 0 Å². The maximum Gasteiger partial charge on any atom is 0.416 e. The summed E-state index contributed by atoms with van der Waals surface area (Å²) in [5.74, 6) is 1.20. The summed E-state index contributed by atoms with van der Waals surface area (Å²) in [7, 11) is 1.55. The number of rotatable bonds is 5. The van der Waals surface area contributed by atoms with Gasteiger partial charge in [-0.15, -0.1) is 0 Å². The first-order valence-electron chi connectivity index (χ1n) is 9.75. The van der Waals surface area contributed by atoms with Gasteiger partial charge < -0.3 is 25.7 Å². The highest BCUT2D eigenvalue weighted by molar-refractivity contribution is 5.93. The number of ether oxygens (including phenoxy) is 1. The monoisotopic (exact) mass is 443 g/mol. The van der Waals surface area contributed by atoms with Gasteiger partial charge >= 0.3 is 6.18 Å². The molecule has 0 fully saturated rings. The molecule has 10 heteroatoms. The summed E-state index contributed by atoms with van der Waals surface area (Å²) in [6.07, 6.45) is -0.916. The molecule has 7 nitrogen and oxygen atoms in total. The highest BCUT2D eigenvalue weighted by Gasteiger charge is 2.30. The maximum atomic E-state index is 12.7. The molecular formula is C22H20F3N5O2. The number of likely N-dealkylation sites (N-methyl/N-ethyl adjacent to an activating group) is 1. The van der Waals surface area contributed by atoms with Crippen LogP contribution in [0.25, 0.3) is 11.0 Å². The number of hydrogen-bond acceptors (Lipinski definition) is 5. The smallest absolute Gasteiger partial charge is 0.416 e. The molecule has 1 aromatic heterocycles. The first-order chi connectivity index (χ1) is 15.2. The Kier molecular flexibility index (Phi) is 5.52. The minimum Gasteiger partial charge on any atom is -0.457 e. The molecule has 0 radical (unpaired) electrons. The van der Waals surface area contributed by atoms with Gasteiger partial charge in [0.1, 0.15) is 17.2 Å². The summed E-state index contributed by atoms with van der Waals surface area (Å²) >= 11 is 0. The van der Waals surface area contributed by atoms with E-state index in [0.717, 1.165) is 12.1 Å². The number of aromatic amines is 1. The van der Waals surface area contributed by atoms with Gasteiger partial charge in [-0.1, -0.05) is 0 Å². The van der Waals surface area contributed by atoms with Gasteiger partial charge in [0, 0.05) is 30.9 Å². The third kappa shape index (κ3) is 4.69. The summed E-state index contributed by atoms with van der Waals surface area (Å²) in [4.78, 5) is 19.4. The number of hydrogen-bond donors (Lipinski definition) is 4. The zero-order valence-electron chi connectivity index (χ0n) is 17.2. The lowest BCUT2D eigenvalue weighted by atomic mass is 10.1. The second-order valence-corrected chi connectivity index (χ2v) is 7.21. The minimum atomic E-state index is -4.38. The Morgan fingerprint density at radius 1 is 1.16 bits per heavy atom. The lowest BCUT2D eigenvalue weighted by Gasteiger charge is -2.20. The van der Waals surface area contributed by atoms with E-state index in [1.165, 1.54) is 12.1 Å². The van der Waals surface area contributed by atoms with Crippen molar-refractivity contribution in [3.05, 3.63) is 71.6 Å². The van der Waals surface area contributed by atoms with Crippen LogP contribution in [0.4, 0.5) is 24.8 Å². The Morgan fingerprint density at radius 3 is 2.59 bits per heavy atom. The van der Waals surface area contributed by atoms with E-state index in [0.29, 0.717) is 39.9 Å². The summed E-state index contributed by atoms with van der Waals surface area (Å²) in [5.41, 5.74) is 1.48. The molecule has 4 rings (SSSR count). The number of carbonyl (C=O) groups excluding carboxylic acids is 1. The number of aromatic nitrogens is 2. The molecule has 1 unspecified atom stereocenters. The number of nitrogens with zero attached hydrogens (tertiary/aromatic N) is 1. The van der Waals surface area contributed by atoms with E-state index in [1.54, 1.807) is 31.3 Å². The number of allylic oxidation sites excluding steroid dienone is 1. The molecule has 1 atom stereocenters. The summed E-state index contributed by atoms with van der Waals surface area (Å²) in [6.45, 7) is 1.90. The number of dihydropyridines is 1. The highest BCUT2D eigenvalue weighted by atomic mass is 19.4. The van der Waals surface area contributed by atoms with Crippen molar-refractivity contribution in [1.29, 1.82) is 0 Å². The van der Waals surface area contributed by atoms with Gasteiger partial charge in [0.25, 0.3) is 5.91 Å². The van der Waals surface area contributed by atoms with Crippen LogP contribution in [0, 0.1) is 0 Å². The molecule has 1 aliphatic heterocycles. The van der Waals surface area contributed by atoms with Crippen molar-refractivity contribution in [3.63, 3.8) is 0 Å². The van der Waals surface area contributed by atoms with Gasteiger partial charge in [-0.25, -0.2) is 4.98 Å². The molecule has 0 saturated heterocycles. The zero-order valence-corrected chi connectivity index (χ0v) is 17.2. The van der Waals surface area contributed by atoms with Gasteiger partial charge in [-0.3, -0.25) is 4.79 Å². The molecule has 4 N–H and O–H groups in total. The number of halogens is 3. The van der Waals surface area contributed by atoms with Crippen molar-refractivity contribution >= 4 is 28.6 Å². The number of alkyl halides is 3. The fourth-order valence-corrected chi connectivity index (χ4v) is 3.22. The van der Waals surface area contributed by atoms with Crippen LogP contribution in [0.2, 0.25) is 0 Å². The first-order valence-corrected chi connectivity index (χ1v) is 9.75. The quantitative estimate of drug-likeness (QED) is 0.474. The van der Waals surface area contributed by atoms with Crippen LogP contribution in [-0.4, -0.2) is 29.0 Å². The summed E-state index contributed by atoms with van der Waals surface area (Å²) in [6, 6.07) is 9.85. The lowest BCUT2D eigenvalue weighted by molar-refractivity contribution is -0.137. The van der Waals surface area contributed by atoms with Crippen molar-refractivity contribution in [2.45, 2.75) is 19.1 Å². The van der Waals surface area contributed by atoms with E-state index in [4.69, 9.17) is 4.74 Å². The van der Waals surface area contributed by atoms with E-state index in [1.807, 2.05) is 13.0 Å². The van der Waals surface area contributed by atoms with Gasteiger partial charge in [0.05, 0.1) is 16.6 Å². The molecule has 1 amide bonds. The Labute approximate surface area is 181 Å². The van der Waals surface area contributed by atoms with Gasteiger partial charge in [0.15, 0.2) is 0 Å². The SMILES string of the molecule is CNC(=O)C1=CC(Oc2ccc3nc(Nc4ccc(C(F)(F)F)cc4)[nH]c3c2)=CC(C)N1. The molecule has 0 aliphatic carbocycles. The number of anilines is 2. The predicted octanol–water partition coefficient (Wildman–Crippen LogP) is 4.21. The molecule has 3 aromatic rings. The predicted molar refractivity (Wildman–Crippen MR) is 114 cm³/mol. The van der Waals surface area contributed by atoms with Crippen molar-refractivity contribution in [3.8, 4) is 5.75 Å². The Morgan fingerprint density at radius 2 is 1.91 bits per heavy atom. The van der Waals surface area contributed by atoms with Crippen LogP contribution < -0.4 is 20.7 Å². The maximum absolute atomic E-state index is 12.7. The molecule has 166 valence electrons. The zero-order chi connectivity index (χ0) is 22.9. The fraction of sp³-hybridized carbons (Fsp3) is 0.182. The van der Waals surface area contributed by atoms with E-state index >= 15 is 0 Å². The molecule has 1 aliphatic rings. The number of carbonyl (C=O) groups is 1. The van der Waals surface area contributed by atoms with Crippen LogP contribution in [0.5, 0.6) is 5.75 Å². The second kappa shape index (κ2) is 8.29. The summed E-state index contributed by atoms with van der Waals surface area (Å²) in [5, 5.41) is 8.58. The van der Waals surface area contributed by atoms with Crippen molar-refractivity contribution in [2.75, 3.05) is 12.4 Å². The van der Waals surface area contributed by atoms with Gasteiger partial charge in [-0.2, -0.15) is 13.2 Å². The van der Waals surface area contributed by atoms with E-state index < -0.39 is 11.7 Å². The molecular weight excluding hydrogens is 423 g/mol. The van der Waals surface area contributed by atoms with Crippen LogP contribution in [0.3, 0.4) is 0 Å². The van der Waals surface area contributed by atoms with Crippen LogP contribution in [0.1, 0.15) is 12.5 Å². The standard InChI is InChI=1S/C22H20F3N5O2/c1-12-9-16(11-19(27-12)20(31)26-2)32-15-7-8-17-18(10-15)30-21(29-17)28-14-5-3-13(4-6-14)22(23,24)25/h3-12,27H,1-2H3,(H,26,31)(H2,28,29,30). The molecule has 2 aromatic carbocycles. The second-order valence-electron chi connectivity index (χ2n) is 7.21. The van der Waals surface area contributed by atoms with Crippen molar-refractivity contribution in [1.82, 2.24) is 20.6 Å². The number of fused-ring (bicyclic) bond motifs is 1. The molecule has 32 heavy (non-hydrogen) atoms. The number of amides is 1. The fourth-order valence-electron chi connectivity index (χ4n) is 3.22. The van der Waals surface area contributed by atoms with E-state index in [-0.39, 0.29) is 11.9 Å². The third-order valence-electron chi connectivity index (χ3n) is 4.72. The number of benzene rings is 2. The average molecular weight is 443 g/mol. The number of H-pyrrole nitrogens is 1. The first kappa shape index (κ1) is 21.3. The Balaban J connectivity index is 1.51. The molecule has 0 spiro atoms. The Hall–Kier alpha value is -3.95. The van der Waals surface area contributed by atoms with Crippen LogP contribution >= 0.6 is 0 Å². The average Bonchev–Trinajstić information content (AvgIpc) is 3.14. The van der Waals surface area contributed by atoms with Crippen LogP contribution in [-0.2, 0) is 11.0 Å². The Bertz CT molecular complexity index is 1210. The third-order valence-corrected chi connectivity index (χ3v) is 4.72. The minimum absolute atomic E-state index is 0.0854. The van der Waals surface area contributed by atoms with E-state index in [9.17, 15) is 18.0 Å². The van der Waals surface area contributed by atoms with Gasteiger partial charge in [-0.05, 0) is 49.4 Å². The normalized spacial score (nSPS) is 16.1. The number of imidazole rings is 1. The topological polar surface area (TPSA) is 91.1 Å².